The van der Waals surface area contributed by atoms with Crippen molar-refractivity contribution in [2.45, 2.75) is 6.42 Å². The van der Waals surface area contributed by atoms with Crippen LogP contribution in [0.3, 0.4) is 0 Å². The smallest absolute Gasteiger partial charge is 0.150 e. The van der Waals surface area contributed by atoms with Gasteiger partial charge >= 0.3 is 0 Å². The maximum Gasteiger partial charge on any atom is 0.150 e. The fourth-order valence-corrected chi connectivity index (χ4v) is 2.84. The van der Waals surface area contributed by atoms with Crippen LogP contribution in [0.25, 0.3) is 0 Å². The molecule has 1 aliphatic heterocycles. The molecule has 0 aromatic heterocycles. The summed E-state index contributed by atoms with van der Waals surface area (Å²) in [5.41, 5.74) is 1.14. The van der Waals surface area contributed by atoms with E-state index in [1.165, 1.54) is 0 Å². The summed E-state index contributed by atoms with van der Waals surface area (Å²) in [6.45, 7) is 4.76. The lowest BCUT2D eigenvalue weighted by Gasteiger charge is -2.36. The molecule has 0 aliphatic carbocycles. The largest absolute Gasteiger partial charge is 0.455 e. The summed E-state index contributed by atoms with van der Waals surface area (Å²) in [6, 6.07) is 20.3. The minimum Gasteiger partial charge on any atom is -0.455 e. The Bertz CT molecular complexity index is 658. The highest BCUT2D eigenvalue weighted by Gasteiger charge is 2.19. The van der Waals surface area contributed by atoms with E-state index >= 15 is 0 Å². The van der Waals surface area contributed by atoms with E-state index in [-0.39, 0.29) is 0 Å². The summed E-state index contributed by atoms with van der Waals surface area (Å²) in [4.78, 5) is 4.71. The van der Waals surface area contributed by atoms with Crippen molar-refractivity contribution in [3.63, 3.8) is 0 Å². The lowest BCUT2D eigenvalue weighted by atomic mass is 10.2. The van der Waals surface area contributed by atoms with Crippen LogP contribution < -0.4 is 9.64 Å². The maximum absolute atomic E-state index is 8.70. The van der Waals surface area contributed by atoms with Crippen molar-refractivity contribution >= 4 is 5.69 Å². The molecule has 1 heterocycles. The number of benzene rings is 2. The molecule has 0 spiro atoms. The molecule has 0 radical (unpaired) electrons. The third-order valence-corrected chi connectivity index (χ3v) is 4.09. The highest BCUT2D eigenvalue weighted by Crippen LogP contribution is 2.32. The van der Waals surface area contributed by atoms with Crippen LogP contribution in [0.2, 0.25) is 0 Å². The highest BCUT2D eigenvalue weighted by atomic mass is 16.5. The molecule has 1 fully saturated rings. The van der Waals surface area contributed by atoms with Crippen molar-refractivity contribution in [1.82, 2.24) is 4.90 Å². The Morgan fingerprint density at radius 3 is 2.35 bits per heavy atom. The summed E-state index contributed by atoms with van der Waals surface area (Å²) >= 11 is 0. The second-order valence-electron chi connectivity index (χ2n) is 5.62. The molecule has 3 rings (SSSR count). The second-order valence-corrected chi connectivity index (χ2v) is 5.62. The zero-order valence-electron chi connectivity index (χ0n) is 13.2. The number of hydrogen-bond donors (Lipinski definition) is 0. The van der Waals surface area contributed by atoms with Gasteiger partial charge in [0.1, 0.15) is 5.75 Å². The lowest BCUT2D eigenvalue weighted by Crippen LogP contribution is -2.46. The topological polar surface area (TPSA) is 39.5 Å². The molecule has 23 heavy (non-hydrogen) atoms. The van der Waals surface area contributed by atoms with Gasteiger partial charge < -0.3 is 9.64 Å². The Hall–Kier alpha value is -2.51. The first-order chi connectivity index (χ1) is 11.4. The van der Waals surface area contributed by atoms with Crippen LogP contribution in [-0.4, -0.2) is 37.6 Å². The summed E-state index contributed by atoms with van der Waals surface area (Å²) < 4.78 is 6.06. The first kappa shape index (κ1) is 15.4. The molecular formula is C19H21N3O. The molecule has 4 nitrogen and oxygen atoms in total. The van der Waals surface area contributed by atoms with Crippen molar-refractivity contribution in [2.75, 3.05) is 37.6 Å². The number of nitriles is 1. The zero-order chi connectivity index (χ0) is 15.9. The SMILES string of the molecule is N#CCCN1CCN(c2ccccc2Oc2ccccc2)CC1. The van der Waals surface area contributed by atoms with Gasteiger partial charge in [-0.1, -0.05) is 30.3 Å². The van der Waals surface area contributed by atoms with Crippen LogP contribution in [0.15, 0.2) is 54.6 Å². The highest BCUT2D eigenvalue weighted by molar-refractivity contribution is 5.59. The molecule has 0 amide bonds. The van der Waals surface area contributed by atoms with Crippen LogP contribution in [-0.2, 0) is 0 Å². The molecule has 1 aliphatic rings. The Labute approximate surface area is 137 Å². The van der Waals surface area contributed by atoms with Crippen molar-refractivity contribution in [3.05, 3.63) is 54.6 Å². The van der Waals surface area contributed by atoms with Gasteiger partial charge in [-0.25, -0.2) is 0 Å². The van der Waals surface area contributed by atoms with E-state index in [1.54, 1.807) is 0 Å². The summed E-state index contributed by atoms with van der Waals surface area (Å²) in [7, 11) is 0. The zero-order valence-corrected chi connectivity index (χ0v) is 13.2. The van der Waals surface area contributed by atoms with Crippen LogP contribution in [0, 0.1) is 11.3 Å². The van der Waals surface area contributed by atoms with Gasteiger partial charge in [-0.3, -0.25) is 4.90 Å². The number of hydrogen-bond acceptors (Lipinski definition) is 4. The number of para-hydroxylation sites is 3. The second kappa shape index (κ2) is 7.66. The average Bonchev–Trinajstić information content (AvgIpc) is 2.62. The van der Waals surface area contributed by atoms with E-state index in [0.717, 1.165) is 49.9 Å². The first-order valence-electron chi connectivity index (χ1n) is 8.03. The Morgan fingerprint density at radius 1 is 0.913 bits per heavy atom. The first-order valence-corrected chi connectivity index (χ1v) is 8.03. The minimum absolute atomic E-state index is 0.605. The predicted molar refractivity (Wildman–Crippen MR) is 91.8 cm³/mol. The monoisotopic (exact) mass is 307 g/mol. The van der Waals surface area contributed by atoms with E-state index in [1.807, 2.05) is 42.5 Å². The van der Waals surface area contributed by atoms with Gasteiger partial charge in [0, 0.05) is 39.1 Å². The fourth-order valence-electron chi connectivity index (χ4n) is 2.84. The van der Waals surface area contributed by atoms with E-state index in [4.69, 9.17) is 10.00 Å². The average molecular weight is 307 g/mol. The number of ether oxygens (including phenoxy) is 1. The lowest BCUT2D eigenvalue weighted by molar-refractivity contribution is 0.263. The maximum atomic E-state index is 8.70. The van der Waals surface area contributed by atoms with Crippen molar-refractivity contribution < 1.29 is 4.74 Å². The molecule has 2 aromatic rings. The van der Waals surface area contributed by atoms with Crippen LogP contribution in [0.5, 0.6) is 11.5 Å². The van der Waals surface area contributed by atoms with Gasteiger partial charge in [0.05, 0.1) is 11.8 Å². The fraction of sp³-hybridized carbons (Fsp3) is 0.316. The summed E-state index contributed by atoms with van der Waals surface area (Å²) in [5.74, 6) is 1.75. The van der Waals surface area contributed by atoms with Crippen LogP contribution >= 0.6 is 0 Å². The van der Waals surface area contributed by atoms with Gasteiger partial charge in [-0.15, -0.1) is 0 Å². The van der Waals surface area contributed by atoms with E-state index in [2.05, 4.69) is 28.0 Å². The standard InChI is InChI=1S/C19H21N3O/c20-11-6-12-21-13-15-22(16-14-21)18-9-4-5-10-19(18)23-17-7-2-1-3-8-17/h1-5,7-10H,6,12-16H2. The molecule has 0 saturated carbocycles. The van der Waals surface area contributed by atoms with E-state index in [0.29, 0.717) is 6.42 Å². The molecule has 1 saturated heterocycles. The third-order valence-electron chi connectivity index (χ3n) is 4.09. The van der Waals surface area contributed by atoms with Gasteiger partial charge in [0.15, 0.2) is 5.75 Å². The molecule has 0 unspecified atom stereocenters. The van der Waals surface area contributed by atoms with Gasteiger partial charge in [0.25, 0.3) is 0 Å². The van der Waals surface area contributed by atoms with Crippen molar-refractivity contribution in [1.29, 1.82) is 5.26 Å². The minimum atomic E-state index is 0.605. The van der Waals surface area contributed by atoms with Crippen LogP contribution in [0.1, 0.15) is 6.42 Å². The molecule has 0 bridgehead atoms. The Morgan fingerprint density at radius 2 is 1.61 bits per heavy atom. The summed E-state index contributed by atoms with van der Waals surface area (Å²) in [6.07, 6.45) is 0.605. The van der Waals surface area contributed by atoms with Gasteiger partial charge in [0.2, 0.25) is 0 Å². The van der Waals surface area contributed by atoms with Crippen molar-refractivity contribution in [3.8, 4) is 17.6 Å². The molecule has 0 atom stereocenters. The number of anilines is 1. The predicted octanol–water partition coefficient (Wildman–Crippen LogP) is 3.51. The van der Waals surface area contributed by atoms with Gasteiger partial charge in [-0.2, -0.15) is 5.26 Å². The Balaban J connectivity index is 1.68. The van der Waals surface area contributed by atoms with E-state index in [9.17, 15) is 0 Å². The number of rotatable bonds is 5. The van der Waals surface area contributed by atoms with Gasteiger partial charge in [-0.05, 0) is 24.3 Å². The van der Waals surface area contributed by atoms with Crippen molar-refractivity contribution in [2.24, 2.45) is 0 Å². The molecule has 0 N–H and O–H groups in total. The Kier molecular flexibility index (Phi) is 5.13. The molecule has 118 valence electrons. The molecule has 4 heteroatoms. The normalized spacial score (nSPS) is 15.2. The number of piperazine rings is 1. The van der Waals surface area contributed by atoms with Crippen LogP contribution in [0.4, 0.5) is 5.69 Å². The molecule has 2 aromatic carbocycles. The summed E-state index contributed by atoms with van der Waals surface area (Å²) in [5, 5.41) is 8.70. The molecular weight excluding hydrogens is 286 g/mol. The quantitative estimate of drug-likeness (QED) is 0.847. The third kappa shape index (κ3) is 4.02. The number of nitrogens with zero attached hydrogens (tertiary/aromatic N) is 3. The van der Waals surface area contributed by atoms with E-state index < -0.39 is 0 Å².